The van der Waals surface area contributed by atoms with Gasteiger partial charge in [0.1, 0.15) is 0 Å². The van der Waals surface area contributed by atoms with Crippen LogP contribution in [0, 0.1) is 0 Å². The van der Waals surface area contributed by atoms with E-state index in [9.17, 15) is 9.59 Å². The van der Waals surface area contributed by atoms with Crippen molar-refractivity contribution in [3.8, 4) is 0 Å². The summed E-state index contributed by atoms with van der Waals surface area (Å²) >= 11 is 0. The van der Waals surface area contributed by atoms with Crippen molar-refractivity contribution in [1.82, 2.24) is 14.7 Å². The van der Waals surface area contributed by atoms with Crippen molar-refractivity contribution in [3.05, 3.63) is 0 Å². The van der Waals surface area contributed by atoms with Crippen LogP contribution in [0.4, 0.5) is 0 Å². The largest absolute Gasteiger partial charge is 0.342 e. The second-order valence-corrected chi connectivity index (χ2v) is 5.83. The van der Waals surface area contributed by atoms with Gasteiger partial charge in [0, 0.05) is 39.3 Å². The fraction of sp³-hybridized carbons (Fsp3) is 0.857. The summed E-state index contributed by atoms with van der Waals surface area (Å²) in [5.74, 6) is 0.240. The number of rotatable bonds is 3. The van der Waals surface area contributed by atoms with Crippen molar-refractivity contribution in [2.45, 2.75) is 32.2 Å². The highest BCUT2D eigenvalue weighted by atomic mass is 16.2. The second kappa shape index (κ2) is 7.04. The Kier molecular flexibility index (Phi) is 5.37. The normalized spacial score (nSPS) is 22.7. The maximum Gasteiger partial charge on any atom is 0.239 e. The highest BCUT2D eigenvalue weighted by Gasteiger charge is 2.25. The average molecular weight is 282 g/mol. The molecule has 2 rings (SSSR count). The van der Waals surface area contributed by atoms with Crippen molar-refractivity contribution in [3.63, 3.8) is 0 Å². The summed E-state index contributed by atoms with van der Waals surface area (Å²) < 4.78 is 0. The van der Waals surface area contributed by atoms with Gasteiger partial charge in [-0.05, 0) is 26.2 Å². The smallest absolute Gasteiger partial charge is 0.239 e. The van der Waals surface area contributed by atoms with Crippen molar-refractivity contribution in [2.75, 3.05) is 45.8 Å². The number of likely N-dealkylation sites (tertiary alicyclic amines) is 1. The number of nitrogens with zero attached hydrogens (tertiary/aromatic N) is 3. The van der Waals surface area contributed by atoms with Gasteiger partial charge in [-0.3, -0.25) is 14.5 Å². The predicted octanol–water partition coefficient (Wildman–Crippen LogP) is -0.510. The summed E-state index contributed by atoms with van der Waals surface area (Å²) in [4.78, 5) is 29.9. The third-order valence-electron chi connectivity index (χ3n) is 4.14. The monoisotopic (exact) mass is 282 g/mol. The summed E-state index contributed by atoms with van der Waals surface area (Å²) in [5.41, 5.74) is 5.61. The number of amides is 2. The first kappa shape index (κ1) is 15.3. The lowest BCUT2D eigenvalue weighted by atomic mass is 10.1. The minimum absolute atomic E-state index is 0.00649. The van der Waals surface area contributed by atoms with Crippen LogP contribution in [0.5, 0.6) is 0 Å². The van der Waals surface area contributed by atoms with Gasteiger partial charge in [0.15, 0.2) is 0 Å². The molecule has 114 valence electrons. The Bertz CT molecular complexity index is 345. The zero-order valence-corrected chi connectivity index (χ0v) is 12.4. The summed E-state index contributed by atoms with van der Waals surface area (Å²) in [7, 11) is 0. The first-order chi connectivity index (χ1) is 9.58. The first-order valence-corrected chi connectivity index (χ1v) is 7.62. The van der Waals surface area contributed by atoms with Crippen molar-refractivity contribution >= 4 is 11.8 Å². The Morgan fingerprint density at radius 2 is 1.55 bits per heavy atom. The number of piperidine rings is 1. The van der Waals surface area contributed by atoms with E-state index in [1.807, 2.05) is 4.90 Å². The maximum atomic E-state index is 12.2. The molecule has 0 saturated carbocycles. The van der Waals surface area contributed by atoms with Gasteiger partial charge in [0.2, 0.25) is 11.8 Å². The number of carbonyl (C=O) groups is 2. The molecule has 2 aliphatic heterocycles. The fourth-order valence-corrected chi connectivity index (χ4v) is 2.85. The first-order valence-electron chi connectivity index (χ1n) is 7.62. The van der Waals surface area contributed by atoms with Crippen LogP contribution in [-0.2, 0) is 9.59 Å². The Morgan fingerprint density at radius 1 is 0.950 bits per heavy atom. The van der Waals surface area contributed by atoms with Crippen molar-refractivity contribution in [1.29, 1.82) is 0 Å². The van der Waals surface area contributed by atoms with E-state index >= 15 is 0 Å². The van der Waals surface area contributed by atoms with Crippen LogP contribution in [0.3, 0.4) is 0 Å². The highest BCUT2D eigenvalue weighted by Crippen LogP contribution is 2.10. The van der Waals surface area contributed by atoms with E-state index in [1.54, 1.807) is 11.8 Å². The summed E-state index contributed by atoms with van der Waals surface area (Å²) in [6.07, 6.45) is 3.49. The molecule has 0 bridgehead atoms. The number of carbonyl (C=O) groups excluding carboxylic acids is 2. The lowest BCUT2D eigenvalue weighted by Crippen LogP contribution is -2.54. The zero-order valence-electron chi connectivity index (χ0n) is 12.4. The van der Waals surface area contributed by atoms with Gasteiger partial charge < -0.3 is 15.5 Å². The highest BCUT2D eigenvalue weighted by molar-refractivity contribution is 5.81. The molecule has 0 aromatic heterocycles. The molecular formula is C14H26N4O2. The van der Waals surface area contributed by atoms with Crippen LogP contribution in [0.25, 0.3) is 0 Å². The van der Waals surface area contributed by atoms with Crippen LogP contribution < -0.4 is 5.73 Å². The van der Waals surface area contributed by atoms with E-state index in [4.69, 9.17) is 5.73 Å². The molecule has 6 nitrogen and oxygen atoms in total. The molecule has 6 heteroatoms. The van der Waals surface area contributed by atoms with Gasteiger partial charge in [-0.15, -0.1) is 0 Å². The second-order valence-electron chi connectivity index (χ2n) is 5.83. The van der Waals surface area contributed by atoms with Crippen LogP contribution in [0.1, 0.15) is 26.2 Å². The molecule has 2 amide bonds. The van der Waals surface area contributed by atoms with E-state index in [1.165, 1.54) is 6.42 Å². The van der Waals surface area contributed by atoms with Crippen LogP contribution in [0.2, 0.25) is 0 Å². The molecule has 1 atom stereocenters. The Labute approximate surface area is 120 Å². The molecule has 2 saturated heterocycles. The summed E-state index contributed by atoms with van der Waals surface area (Å²) in [6, 6.07) is -0.434. The van der Waals surface area contributed by atoms with Gasteiger partial charge in [-0.2, -0.15) is 0 Å². The number of hydrogen-bond acceptors (Lipinski definition) is 4. The Balaban J connectivity index is 1.73. The molecule has 2 heterocycles. The fourth-order valence-electron chi connectivity index (χ4n) is 2.85. The van der Waals surface area contributed by atoms with Crippen molar-refractivity contribution in [2.24, 2.45) is 5.73 Å². The van der Waals surface area contributed by atoms with Crippen LogP contribution in [-0.4, -0.2) is 78.4 Å². The molecule has 2 fully saturated rings. The Morgan fingerprint density at radius 3 is 2.10 bits per heavy atom. The number of piperazine rings is 1. The molecule has 0 radical (unpaired) electrons. The van der Waals surface area contributed by atoms with E-state index in [0.29, 0.717) is 19.6 Å². The number of nitrogens with two attached hydrogens (primary N) is 1. The molecule has 0 aromatic rings. The molecule has 0 aromatic carbocycles. The van der Waals surface area contributed by atoms with E-state index in [-0.39, 0.29) is 11.8 Å². The zero-order chi connectivity index (χ0) is 14.5. The topological polar surface area (TPSA) is 69.9 Å². The van der Waals surface area contributed by atoms with Gasteiger partial charge in [-0.25, -0.2) is 0 Å². The SMILES string of the molecule is CC(N)C(=O)N1CCN(CC(=O)N2CCCCC2)CC1. The van der Waals surface area contributed by atoms with E-state index < -0.39 is 6.04 Å². The lowest BCUT2D eigenvalue weighted by molar-refractivity contribution is -0.136. The standard InChI is InChI=1S/C14H26N4O2/c1-12(15)14(20)18-9-7-16(8-10-18)11-13(19)17-5-3-2-4-6-17/h12H,2-11,15H2,1H3. The van der Waals surface area contributed by atoms with Gasteiger partial charge in [-0.1, -0.05) is 0 Å². The average Bonchev–Trinajstić information content (AvgIpc) is 2.48. The number of hydrogen-bond donors (Lipinski definition) is 1. The minimum Gasteiger partial charge on any atom is -0.342 e. The van der Waals surface area contributed by atoms with E-state index in [0.717, 1.165) is 39.0 Å². The summed E-state index contributed by atoms with van der Waals surface area (Å²) in [5, 5.41) is 0. The molecule has 0 spiro atoms. The third-order valence-corrected chi connectivity index (χ3v) is 4.14. The van der Waals surface area contributed by atoms with Crippen molar-refractivity contribution < 1.29 is 9.59 Å². The van der Waals surface area contributed by atoms with Crippen LogP contribution >= 0.6 is 0 Å². The third kappa shape index (κ3) is 3.93. The van der Waals surface area contributed by atoms with Gasteiger partial charge >= 0.3 is 0 Å². The van der Waals surface area contributed by atoms with Gasteiger partial charge in [0.05, 0.1) is 12.6 Å². The molecule has 2 N–H and O–H groups in total. The summed E-state index contributed by atoms with van der Waals surface area (Å²) in [6.45, 7) is 6.89. The van der Waals surface area contributed by atoms with E-state index in [2.05, 4.69) is 4.90 Å². The Hall–Kier alpha value is -1.14. The lowest BCUT2D eigenvalue weighted by Gasteiger charge is -2.36. The molecular weight excluding hydrogens is 256 g/mol. The molecule has 2 aliphatic rings. The minimum atomic E-state index is -0.434. The van der Waals surface area contributed by atoms with Gasteiger partial charge in [0.25, 0.3) is 0 Å². The molecule has 0 aliphatic carbocycles. The van der Waals surface area contributed by atoms with Crippen LogP contribution in [0.15, 0.2) is 0 Å². The molecule has 20 heavy (non-hydrogen) atoms. The molecule has 1 unspecified atom stereocenters. The maximum absolute atomic E-state index is 12.2. The quantitative estimate of drug-likeness (QED) is 0.757. The predicted molar refractivity (Wildman–Crippen MR) is 77.1 cm³/mol.